The van der Waals surface area contributed by atoms with E-state index in [1.54, 1.807) is 7.11 Å². The molecule has 8 nitrogen and oxygen atoms in total. The fraction of sp³-hybridized carbons (Fsp3) is 0.735. The van der Waals surface area contributed by atoms with Crippen LogP contribution in [0.5, 0.6) is 11.5 Å². The SMILES string of the molecule is COC(=O)c1c(OC)c(C(=O)OC)c2c(c1OC)[C@H](CC(C)C)[C@]1(C)[C@@H]3[C@@H](C[C@H]21)[C@@H](COC(C)=O)CC[C@@H]1[C@H]3C1(C)C. The van der Waals surface area contributed by atoms with E-state index < -0.39 is 11.9 Å². The second kappa shape index (κ2) is 10.7. The number of esters is 3. The van der Waals surface area contributed by atoms with Gasteiger partial charge in [-0.15, -0.1) is 0 Å². The standard InChI is InChI=1S/C34H48O8/c1-16(2)13-21-24-23(25(31(36)40-9)30(39-8)26(29(24)38-7)32(37)41-10)22-14-19-18(15-42-17(3)35)11-12-20-28(33(20,4)5)27(19)34(21,22)6/h16,18-22,27-28H,11-15H2,1-10H3/t18-,19+,20-,21+,22-,27-,28-,34+/m1/s1. The maximum Gasteiger partial charge on any atom is 0.345 e. The Morgan fingerprint density at radius 2 is 1.48 bits per heavy atom. The lowest BCUT2D eigenvalue weighted by molar-refractivity contribution is -0.143. The van der Waals surface area contributed by atoms with Crippen LogP contribution in [0.1, 0.15) is 111 Å². The summed E-state index contributed by atoms with van der Waals surface area (Å²) in [4.78, 5) is 38.9. The number of benzene rings is 1. The Labute approximate surface area is 250 Å². The Balaban J connectivity index is 1.81. The molecule has 0 radical (unpaired) electrons. The van der Waals surface area contributed by atoms with Crippen molar-refractivity contribution in [2.45, 2.75) is 79.1 Å². The molecule has 0 N–H and O–H groups in total. The zero-order valence-electron chi connectivity index (χ0n) is 26.9. The van der Waals surface area contributed by atoms with Crippen molar-refractivity contribution in [2.75, 3.05) is 35.0 Å². The summed E-state index contributed by atoms with van der Waals surface area (Å²) in [7, 11) is 5.72. The van der Waals surface area contributed by atoms with Crippen LogP contribution in [0.15, 0.2) is 0 Å². The summed E-state index contributed by atoms with van der Waals surface area (Å²) < 4.78 is 28.1. The minimum Gasteiger partial charge on any atom is -0.495 e. The molecule has 0 bridgehead atoms. The molecule has 3 saturated carbocycles. The highest BCUT2D eigenvalue weighted by Crippen LogP contribution is 2.80. The molecule has 1 aromatic carbocycles. The molecule has 4 aliphatic carbocycles. The van der Waals surface area contributed by atoms with E-state index in [1.807, 2.05) is 0 Å². The van der Waals surface area contributed by atoms with Crippen molar-refractivity contribution in [3.63, 3.8) is 0 Å². The van der Waals surface area contributed by atoms with Crippen molar-refractivity contribution >= 4 is 17.9 Å². The minimum atomic E-state index is -0.612. The van der Waals surface area contributed by atoms with Crippen molar-refractivity contribution in [2.24, 2.45) is 46.3 Å². The first-order valence-electron chi connectivity index (χ1n) is 15.4. The number of rotatable bonds is 8. The van der Waals surface area contributed by atoms with Gasteiger partial charge >= 0.3 is 17.9 Å². The molecule has 0 unspecified atom stereocenters. The predicted octanol–water partition coefficient (Wildman–Crippen LogP) is 6.39. The maximum absolute atomic E-state index is 13.7. The van der Waals surface area contributed by atoms with Crippen LogP contribution in [-0.2, 0) is 19.0 Å². The number of carbonyl (C=O) groups excluding carboxylic acids is 3. The molecule has 0 saturated heterocycles. The molecular formula is C34H48O8. The Morgan fingerprint density at radius 1 is 0.857 bits per heavy atom. The van der Waals surface area contributed by atoms with E-state index >= 15 is 0 Å². The van der Waals surface area contributed by atoms with Gasteiger partial charge < -0.3 is 23.7 Å². The molecule has 3 fully saturated rings. The topological polar surface area (TPSA) is 97.4 Å². The van der Waals surface area contributed by atoms with Gasteiger partial charge in [0.25, 0.3) is 0 Å². The molecule has 0 aromatic heterocycles. The second-order valence-electron chi connectivity index (χ2n) is 14.2. The summed E-state index contributed by atoms with van der Waals surface area (Å²) >= 11 is 0. The van der Waals surface area contributed by atoms with Gasteiger partial charge in [0.05, 0.1) is 35.0 Å². The summed E-state index contributed by atoms with van der Waals surface area (Å²) in [5.74, 6) is 1.68. The second-order valence-corrected chi connectivity index (χ2v) is 14.2. The Bertz CT molecular complexity index is 1280. The molecule has 0 aliphatic heterocycles. The molecule has 0 spiro atoms. The average Bonchev–Trinajstić information content (AvgIpc) is 3.31. The van der Waals surface area contributed by atoms with E-state index in [1.165, 1.54) is 28.3 Å². The minimum absolute atomic E-state index is 0.0184. The van der Waals surface area contributed by atoms with Gasteiger partial charge in [-0.05, 0) is 89.4 Å². The molecule has 1 aromatic rings. The van der Waals surface area contributed by atoms with Crippen molar-refractivity contribution in [1.29, 1.82) is 0 Å². The lowest BCUT2D eigenvalue weighted by Crippen LogP contribution is -2.37. The molecule has 0 amide bonds. The Morgan fingerprint density at radius 3 is 2.02 bits per heavy atom. The third-order valence-corrected chi connectivity index (χ3v) is 11.7. The fourth-order valence-corrected chi connectivity index (χ4v) is 10.1. The summed E-state index contributed by atoms with van der Waals surface area (Å²) in [5, 5.41) is 0. The molecule has 8 heteroatoms. The van der Waals surface area contributed by atoms with E-state index in [0.717, 1.165) is 36.8 Å². The van der Waals surface area contributed by atoms with Crippen LogP contribution in [0.3, 0.4) is 0 Å². The van der Waals surface area contributed by atoms with Gasteiger partial charge in [-0.1, -0.05) is 34.6 Å². The molecule has 232 valence electrons. The van der Waals surface area contributed by atoms with Crippen LogP contribution < -0.4 is 9.47 Å². The van der Waals surface area contributed by atoms with Gasteiger partial charge in [-0.3, -0.25) is 4.79 Å². The van der Waals surface area contributed by atoms with Gasteiger partial charge in [-0.2, -0.15) is 0 Å². The largest absolute Gasteiger partial charge is 0.495 e. The summed E-state index contributed by atoms with van der Waals surface area (Å²) in [5.41, 5.74) is 2.25. The van der Waals surface area contributed by atoms with Crippen LogP contribution in [0.25, 0.3) is 0 Å². The van der Waals surface area contributed by atoms with Crippen molar-refractivity contribution in [3.8, 4) is 11.5 Å². The lowest BCUT2D eigenvalue weighted by Gasteiger charge is -2.43. The number of fused-ring (bicyclic) bond motifs is 7. The average molecular weight is 585 g/mol. The van der Waals surface area contributed by atoms with Gasteiger partial charge in [0.2, 0.25) is 0 Å². The van der Waals surface area contributed by atoms with Gasteiger partial charge in [0.15, 0.2) is 5.75 Å². The van der Waals surface area contributed by atoms with Gasteiger partial charge in [-0.25, -0.2) is 9.59 Å². The molecule has 8 atom stereocenters. The van der Waals surface area contributed by atoms with E-state index in [9.17, 15) is 14.4 Å². The Kier molecular flexibility index (Phi) is 7.85. The van der Waals surface area contributed by atoms with Crippen LogP contribution in [0.2, 0.25) is 0 Å². The third-order valence-electron chi connectivity index (χ3n) is 11.7. The maximum atomic E-state index is 13.7. The zero-order chi connectivity index (χ0) is 30.9. The van der Waals surface area contributed by atoms with Crippen molar-refractivity contribution < 1.29 is 38.1 Å². The first-order chi connectivity index (χ1) is 19.8. The fourth-order valence-electron chi connectivity index (χ4n) is 10.1. The summed E-state index contributed by atoms with van der Waals surface area (Å²) in [6, 6.07) is 0. The van der Waals surface area contributed by atoms with E-state index in [-0.39, 0.29) is 45.9 Å². The van der Waals surface area contributed by atoms with Gasteiger partial charge in [0, 0.05) is 12.5 Å². The number of hydrogen-bond donors (Lipinski definition) is 0. The highest BCUT2D eigenvalue weighted by Gasteiger charge is 2.73. The van der Waals surface area contributed by atoms with Crippen LogP contribution in [0.4, 0.5) is 0 Å². The summed E-state index contributed by atoms with van der Waals surface area (Å²) in [6.07, 6.45) is 3.90. The molecule has 4 aliphatic rings. The summed E-state index contributed by atoms with van der Waals surface area (Å²) in [6.45, 7) is 13.6. The molecule has 0 heterocycles. The molecular weight excluding hydrogens is 536 g/mol. The van der Waals surface area contributed by atoms with E-state index in [4.69, 9.17) is 23.7 Å². The van der Waals surface area contributed by atoms with Crippen molar-refractivity contribution in [3.05, 3.63) is 22.3 Å². The lowest BCUT2D eigenvalue weighted by atomic mass is 9.61. The number of ether oxygens (including phenoxy) is 5. The molecule has 42 heavy (non-hydrogen) atoms. The number of hydrogen-bond acceptors (Lipinski definition) is 8. The van der Waals surface area contributed by atoms with E-state index in [0.29, 0.717) is 47.5 Å². The zero-order valence-corrected chi connectivity index (χ0v) is 26.9. The smallest absolute Gasteiger partial charge is 0.345 e. The molecule has 5 rings (SSSR count). The first-order valence-corrected chi connectivity index (χ1v) is 15.4. The monoisotopic (exact) mass is 584 g/mol. The number of carbonyl (C=O) groups is 3. The Hall–Kier alpha value is -2.77. The van der Waals surface area contributed by atoms with Crippen LogP contribution in [-0.4, -0.2) is 53.0 Å². The normalized spacial score (nSPS) is 33.5. The predicted molar refractivity (Wildman–Crippen MR) is 157 cm³/mol. The third kappa shape index (κ3) is 4.25. The highest BCUT2D eigenvalue weighted by atomic mass is 16.5. The van der Waals surface area contributed by atoms with Crippen LogP contribution >= 0.6 is 0 Å². The van der Waals surface area contributed by atoms with Crippen molar-refractivity contribution in [1.82, 2.24) is 0 Å². The highest BCUT2D eigenvalue weighted by molar-refractivity contribution is 6.05. The first kappa shape index (κ1) is 30.7. The number of methoxy groups -OCH3 is 4. The van der Waals surface area contributed by atoms with Gasteiger partial charge in [0.1, 0.15) is 16.9 Å². The van der Waals surface area contributed by atoms with Crippen LogP contribution in [0, 0.1) is 46.3 Å². The van der Waals surface area contributed by atoms with E-state index in [2.05, 4.69) is 34.6 Å². The quantitative estimate of drug-likeness (QED) is 0.256.